The van der Waals surface area contributed by atoms with Crippen molar-refractivity contribution in [1.82, 2.24) is 30.3 Å². The van der Waals surface area contributed by atoms with Crippen molar-refractivity contribution in [2.24, 2.45) is 0 Å². The first-order valence-corrected chi connectivity index (χ1v) is 13.3. The molecule has 3 aromatic heterocycles. The zero-order valence-corrected chi connectivity index (χ0v) is 22.4. The number of urea groups is 1. The second-order valence-electron chi connectivity index (χ2n) is 9.68. The van der Waals surface area contributed by atoms with E-state index in [1.807, 2.05) is 30.3 Å². The van der Waals surface area contributed by atoms with E-state index in [9.17, 15) is 4.79 Å². The topological polar surface area (TPSA) is 147 Å². The quantitative estimate of drug-likeness (QED) is 0.369. The van der Waals surface area contributed by atoms with Crippen molar-refractivity contribution in [2.75, 3.05) is 46.7 Å². The van der Waals surface area contributed by atoms with E-state index in [1.165, 1.54) is 5.56 Å². The largest absolute Gasteiger partial charge is 0.377 e. The van der Waals surface area contributed by atoms with Gasteiger partial charge in [-0.05, 0) is 43.2 Å². The second-order valence-corrected chi connectivity index (χ2v) is 9.68. The SMILES string of the molecule is CCC1COCCN1c1nc(-c2ccc(NC(=O)Nc3nnoc3C)cc2)nc2c1CCN(c1ncccn1)C2. The number of morpholine rings is 1. The highest BCUT2D eigenvalue weighted by Crippen LogP contribution is 2.33. The van der Waals surface area contributed by atoms with Gasteiger partial charge in [0.15, 0.2) is 11.6 Å². The molecule has 2 aliphatic heterocycles. The number of aryl methyl sites for hydroxylation is 1. The third kappa shape index (κ3) is 5.27. The van der Waals surface area contributed by atoms with E-state index in [2.05, 4.69) is 47.7 Å². The first kappa shape index (κ1) is 25.6. The minimum atomic E-state index is -0.444. The van der Waals surface area contributed by atoms with Gasteiger partial charge in [0.05, 0.1) is 31.5 Å². The number of ether oxygens (including phenoxy) is 1. The Morgan fingerprint density at radius 1 is 1.10 bits per heavy atom. The van der Waals surface area contributed by atoms with Gasteiger partial charge in [-0.3, -0.25) is 5.32 Å². The number of rotatable bonds is 6. The summed E-state index contributed by atoms with van der Waals surface area (Å²) in [7, 11) is 0. The second kappa shape index (κ2) is 11.2. The molecule has 1 saturated heterocycles. The Labute approximate surface area is 231 Å². The minimum Gasteiger partial charge on any atom is -0.377 e. The smallest absolute Gasteiger partial charge is 0.324 e. The Kier molecular flexibility index (Phi) is 7.19. The molecule has 0 bridgehead atoms. The maximum atomic E-state index is 12.4. The summed E-state index contributed by atoms with van der Waals surface area (Å²) < 4.78 is 10.7. The van der Waals surface area contributed by atoms with Crippen LogP contribution in [-0.2, 0) is 17.7 Å². The van der Waals surface area contributed by atoms with E-state index >= 15 is 0 Å². The summed E-state index contributed by atoms with van der Waals surface area (Å²) in [5, 5.41) is 12.6. The van der Waals surface area contributed by atoms with Gasteiger partial charge in [0, 0.05) is 54.5 Å². The number of nitrogens with zero attached hydrogens (tertiary/aromatic N) is 8. The van der Waals surface area contributed by atoms with Gasteiger partial charge in [-0.15, -0.1) is 0 Å². The number of benzene rings is 1. The zero-order chi connectivity index (χ0) is 27.5. The lowest BCUT2D eigenvalue weighted by Crippen LogP contribution is -2.47. The van der Waals surface area contributed by atoms with E-state index < -0.39 is 6.03 Å². The van der Waals surface area contributed by atoms with Crippen molar-refractivity contribution < 1.29 is 14.1 Å². The number of anilines is 4. The monoisotopic (exact) mass is 542 g/mol. The third-order valence-electron chi connectivity index (χ3n) is 7.13. The molecule has 0 radical (unpaired) electrons. The molecule has 2 N–H and O–H groups in total. The molecule has 5 heterocycles. The van der Waals surface area contributed by atoms with Gasteiger partial charge in [-0.25, -0.2) is 24.7 Å². The van der Waals surface area contributed by atoms with Gasteiger partial charge in [0.25, 0.3) is 0 Å². The Balaban J connectivity index is 1.29. The van der Waals surface area contributed by atoms with E-state index in [-0.39, 0.29) is 11.9 Å². The predicted octanol–water partition coefficient (Wildman–Crippen LogP) is 3.45. The summed E-state index contributed by atoms with van der Waals surface area (Å²) in [4.78, 5) is 35.9. The summed E-state index contributed by atoms with van der Waals surface area (Å²) >= 11 is 0. The maximum absolute atomic E-state index is 12.4. The van der Waals surface area contributed by atoms with E-state index in [1.54, 1.807) is 19.3 Å². The highest BCUT2D eigenvalue weighted by atomic mass is 16.5. The fourth-order valence-electron chi connectivity index (χ4n) is 5.00. The normalized spacial score (nSPS) is 16.9. The van der Waals surface area contributed by atoms with Crippen LogP contribution in [0.2, 0.25) is 0 Å². The van der Waals surface area contributed by atoms with E-state index in [0.29, 0.717) is 43.0 Å². The van der Waals surface area contributed by atoms with Crippen molar-refractivity contribution in [3.05, 3.63) is 59.7 Å². The van der Waals surface area contributed by atoms with Crippen molar-refractivity contribution in [3.63, 3.8) is 0 Å². The molecule has 1 unspecified atom stereocenters. The summed E-state index contributed by atoms with van der Waals surface area (Å²) in [5.41, 5.74) is 3.60. The first-order chi connectivity index (χ1) is 19.6. The first-order valence-electron chi connectivity index (χ1n) is 13.3. The zero-order valence-electron chi connectivity index (χ0n) is 22.4. The molecule has 13 heteroatoms. The van der Waals surface area contributed by atoms with Crippen LogP contribution < -0.4 is 20.4 Å². The Bertz CT molecular complexity index is 1480. The highest BCUT2D eigenvalue weighted by Gasteiger charge is 2.30. The predicted molar refractivity (Wildman–Crippen MR) is 148 cm³/mol. The molecule has 6 rings (SSSR count). The number of carbonyl (C=O) groups excluding carboxylic acids is 1. The Hall–Kier alpha value is -4.65. The summed E-state index contributed by atoms with van der Waals surface area (Å²) in [5.74, 6) is 2.99. The number of carbonyl (C=O) groups is 1. The molecule has 1 atom stereocenters. The lowest BCUT2D eigenvalue weighted by atomic mass is 10.0. The average molecular weight is 543 g/mol. The van der Waals surface area contributed by atoms with Crippen molar-refractivity contribution in [2.45, 2.75) is 39.3 Å². The number of hydrogen-bond acceptors (Lipinski definition) is 11. The molecular weight excluding hydrogens is 512 g/mol. The summed E-state index contributed by atoms with van der Waals surface area (Å²) in [6.07, 6.45) is 5.28. The summed E-state index contributed by atoms with van der Waals surface area (Å²) in [6.45, 7) is 7.37. The lowest BCUT2D eigenvalue weighted by molar-refractivity contribution is 0.0924. The molecule has 13 nitrogen and oxygen atoms in total. The van der Waals surface area contributed by atoms with Crippen LogP contribution in [0.5, 0.6) is 0 Å². The molecule has 206 valence electrons. The number of aromatic nitrogens is 6. The highest BCUT2D eigenvalue weighted by molar-refractivity contribution is 5.99. The van der Waals surface area contributed by atoms with Crippen LogP contribution in [0.4, 0.5) is 28.1 Å². The van der Waals surface area contributed by atoms with Gasteiger partial charge < -0.3 is 24.4 Å². The lowest BCUT2D eigenvalue weighted by Gasteiger charge is -2.39. The van der Waals surface area contributed by atoms with Crippen molar-refractivity contribution in [3.8, 4) is 11.4 Å². The molecule has 4 aromatic rings. The molecule has 2 amide bonds. The third-order valence-corrected chi connectivity index (χ3v) is 7.13. The number of amides is 2. The van der Waals surface area contributed by atoms with Crippen LogP contribution in [0, 0.1) is 6.92 Å². The standard InChI is InChI=1S/C27H30N10O3/c1-3-20-16-39-14-13-37(20)25-21-9-12-36(26-28-10-4-11-29-26)15-22(21)31-24(32-25)18-5-7-19(8-6-18)30-27(38)33-23-17(2)40-35-34-23/h4-8,10-11,20H,3,9,12-16H2,1-2H3,(H2,30,33,38). The number of nitrogens with one attached hydrogen (secondary N) is 2. The molecule has 0 spiro atoms. The molecule has 1 fully saturated rings. The van der Waals surface area contributed by atoms with E-state index in [0.717, 1.165) is 43.0 Å². The Morgan fingerprint density at radius 3 is 2.67 bits per heavy atom. The molecule has 40 heavy (non-hydrogen) atoms. The van der Waals surface area contributed by atoms with Crippen LogP contribution in [-0.4, -0.2) is 68.7 Å². The molecule has 1 aromatic carbocycles. The van der Waals surface area contributed by atoms with Crippen LogP contribution >= 0.6 is 0 Å². The fraction of sp³-hybridized carbons (Fsp3) is 0.370. The minimum absolute atomic E-state index is 0.254. The number of hydrogen-bond donors (Lipinski definition) is 2. The van der Waals surface area contributed by atoms with Gasteiger partial charge in [-0.1, -0.05) is 12.0 Å². The molecule has 0 aliphatic carbocycles. The van der Waals surface area contributed by atoms with Gasteiger partial charge in [-0.2, -0.15) is 0 Å². The molecule has 0 saturated carbocycles. The Morgan fingerprint density at radius 2 is 1.93 bits per heavy atom. The van der Waals surface area contributed by atoms with Gasteiger partial charge in [0.2, 0.25) is 11.8 Å². The van der Waals surface area contributed by atoms with Crippen LogP contribution in [0.3, 0.4) is 0 Å². The molecule has 2 aliphatic rings. The number of fused-ring (bicyclic) bond motifs is 1. The van der Waals surface area contributed by atoms with Crippen LogP contribution in [0.25, 0.3) is 11.4 Å². The van der Waals surface area contributed by atoms with Crippen LogP contribution in [0.15, 0.2) is 47.2 Å². The molecular formula is C27H30N10O3. The fourth-order valence-corrected chi connectivity index (χ4v) is 5.00. The van der Waals surface area contributed by atoms with Crippen LogP contribution in [0.1, 0.15) is 30.4 Å². The van der Waals surface area contributed by atoms with Gasteiger partial charge >= 0.3 is 6.03 Å². The summed E-state index contributed by atoms with van der Waals surface area (Å²) in [6, 6.07) is 9.07. The van der Waals surface area contributed by atoms with Crippen molar-refractivity contribution >= 4 is 29.3 Å². The average Bonchev–Trinajstić information content (AvgIpc) is 3.40. The van der Waals surface area contributed by atoms with Gasteiger partial charge in [0.1, 0.15) is 5.82 Å². The maximum Gasteiger partial charge on any atom is 0.324 e. The van der Waals surface area contributed by atoms with E-state index in [4.69, 9.17) is 19.2 Å². The van der Waals surface area contributed by atoms with Crippen molar-refractivity contribution in [1.29, 1.82) is 0 Å².